The van der Waals surface area contributed by atoms with Crippen LogP contribution in [-0.2, 0) is 28.5 Å². The zero-order valence-electron chi connectivity index (χ0n) is 24.5. The molecule has 2 unspecified atom stereocenters. The van der Waals surface area contributed by atoms with Crippen molar-refractivity contribution in [3.8, 4) is 5.75 Å². The Labute approximate surface area is 266 Å². The summed E-state index contributed by atoms with van der Waals surface area (Å²) in [5.74, 6) is 0.780. The fourth-order valence-corrected chi connectivity index (χ4v) is 4.83. The lowest BCUT2D eigenvalue weighted by Gasteiger charge is -2.17. The van der Waals surface area contributed by atoms with Crippen LogP contribution in [0, 0.1) is 5.92 Å². The van der Waals surface area contributed by atoms with Crippen LogP contribution >= 0.6 is 44.2 Å². The number of benzene rings is 1. The molecule has 1 aromatic rings. The van der Waals surface area contributed by atoms with Crippen LogP contribution in [0.15, 0.2) is 36.4 Å². The molecule has 10 nitrogen and oxygen atoms in total. The maximum atomic E-state index is 12.3. The molecule has 2 amide bonds. The summed E-state index contributed by atoms with van der Waals surface area (Å²) in [6.45, 7) is 10.4. The molecule has 0 aliphatic heterocycles. The van der Waals surface area contributed by atoms with E-state index in [1.807, 2.05) is 36.6 Å². The van der Waals surface area contributed by atoms with Gasteiger partial charge in [0, 0.05) is 24.8 Å². The molecule has 0 saturated heterocycles. The molecule has 0 heterocycles. The van der Waals surface area contributed by atoms with E-state index in [2.05, 4.69) is 59.3 Å². The van der Waals surface area contributed by atoms with Gasteiger partial charge in [-0.3, -0.25) is 9.59 Å². The number of carbonyl (C=O) groups excluding carboxylic acids is 2. The summed E-state index contributed by atoms with van der Waals surface area (Å²) in [4.78, 5) is 24.1. The van der Waals surface area contributed by atoms with Gasteiger partial charge in [-0.25, -0.2) is 0 Å². The van der Waals surface area contributed by atoms with E-state index >= 15 is 0 Å². The predicted octanol–water partition coefficient (Wildman–Crippen LogP) is 4.50. The fraction of sp³-hybridized carbons (Fsp3) is 0.643. The minimum Gasteiger partial charge on any atom is -0.490 e. The summed E-state index contributed by atoms with van der Waals surface area (Å²) in [5.41, 5.74) is 0.420. The first-order valence-electron chi connectivity index (χ1n) is 13.7. The van der Waals surface area contributed by atoms with Crippen LogP contribution < -0.4 is 20.7 Å². The van der Waals surface area contributed by atoms with Crippen LogP contribution in [0.4, 0.5) is 5.69 Å². The average Bonchev–Trinajstić information content (AvgIpc) is 2.92. The molecule has 234 valence electrons. The Morgan fingerprint density at radius 1 is 1.00 bits per heavy atom. The van der Waals surface area contributed by atoms with Crippen LogP contribution in [0.3, 0.4) is 0 Å². The molecular weight excluding hydrogens is 681 g/mol. The van der Waals surface area contributed by atoms with Gasteiger partial charge < -0.3 is 39.6 Å². The highest BCUT2D eigenvalue weighted by atomic mass is 127. The summed E-state index contributed by atoms with van der Waals surface area (Å²) >= 11 is 2.30. The quantitative estimate of drug-likeness (QED) is 0.0253. The summed E-state index contributed by atoms with van der Waals surface area (Å²) < 4.78 is 28.6. The molecular formula is C28H46IN3O7S2. The monoisotopic (exact) mass is 727 g/mol. The topological polar surface area (TPSA) is 116 Å². The molecule has 0 saturated carbocycles. The van der Waals surface area contributed by atoms with E-state index in [-0.39, 0.29) is 30.3 Å². The van der Waals surface area contributed by atoms with E-state index in [1.54, 1.807) is 27.7 Å². The maximum absolute atomic E-state index is 12.3. The molecule has 0 bridgehead atoms. The first-order valence-corrected chi connectivity index (χ1v) is 17.5. The maximum Gasteiger partial charge on any atom is 0.246 e. The molecule has 2 atom stereocenters. The number of halogens is 1. The first-order chi connectivity index (χ1) is 19.8. The van der Waals surface area contributed by atoms with E-state index in [0.29, 0.717) is 74.2 Å². The smallest absolute Gasteiger partial charge is 0.246 e. The molecule has 0 spiro atoms. The van der Waals surface area contributed by atoms with E-state index in [0.717, 1.165) is 6.54 Å². The van der Waals surface area contributed by atoms with E-state index in [4.69, 9.17) is 23.7 Å². The number of hydrogen-bond acceptors (Lipinski definition) is 10. The highest BCUT2D eigenvalue weighted by molar-refractivity contribution is 14.1. The van der Waals surface area contributed by atoms with Crippen molar-refractivity contribution in [2.75, 3.05) is 77.5 Å². The van der Waals surface area contributed by atoms with Crippen molar-refractivity contribution >= 4 is 61.7 Å². The summed E-state index contributed by atoms with van der Waals surface area (Å²) in [6, 6.07) is 7.23. The second-order valence-electron chi connectivity index (χ2n) is 9.02. The van der Waals surface area contributed by atoms with Crippen LogP contribution in [0.5, 0.6) is 5.75 Å². The minimum absolute atomic E-state index is 0.00889. The van der Waals surface area contributed by atoms with Gasteiger partial charge in [0.15, 0.2) is 0 Å². The fourth-order valence-electron chi connectivity index (χ4n) is 3.05. The van der Waals surface area contributed by atoms with E-state index in [1.165, 1.54) is 0 Å². The number of alkyl halides is 1. The highest BCUT2D eigenvalue weighted by Gasteiger charge is 2.12. The van der Waals surface area contributed by atoms with Gasteiger partial charge in [-0.05, 0) is 31.2 Å². The summed E-state index contributed by atoms with van der Waals surface area (Å²) in [5, 5.41) is 8.92. The van der Waals surface area contributed by atoms with Gasteiger partial charge in [-0.15, -0.1) is 0 Å². The zero-order valence-corrected chi connectivity index (χ0v) is 28.3. The SMILES string of the molecule is CSSC(COc1cccc(NC(=O)CCOCCOCCNC(C)I)c1)OCCOCC(=O)NC/C=C/C(C)C. The summed E-state index contributed by atoms with van der Waals surface area (Å²) in [7, 11) is 3.12. The van der Waals surface area contributed by atoms with Crippen molar-refractivity contribution in [1.82, 2.24) is 10.6 Å². The van der Waals surface area contributed by atoms with Crippen LogP contribution in [0.2, 0.25) is 0 Å². The Morgan fingerprint density at radius 2 is 1.76 bits per heavy atom. The molecule has 0 fully saturated rings. The molecule has 1 aromatic carbocycles. The Kier molecular flexibility index (Phi) is 23.5. The van der Waals surface area contributed by atoms with Crippen molar-refractivity contribution in [2.45, 2.75) is 36.7 Å². The average molecular weight is 728 g/mol. The summed E-state index contributed by atoms with van der Waals surface area (Å²) in [6.07, 6.45) is 6.19. The molecule has 0 aliphatic carbocycles. The number of allylic oxidation sites excluding steroid dienone is 1. The first kappa shape index (κ1) is 38.0. The molecule has 3 N–H and O–H groups in total. The molecule has 41 heavy (non-hydrogen) atoms. The van der Waals surface area contributed by atoms with E-state index < -0.39 is 0 Å². The highest BCUT2D eigenvalue weighted by Crippen LogP contribution is 2.26. The third-order valence-corrected chi connectivity index (χ3v) is 7.27. The number of hydrogen-bond donors (Lipinski definition) is 3. The van der Waals surface area contributed by atoms with Crippen LogP contribution in [0.25, 0.3) is 0 Å². The Bertz CT molecular complexity index is 866. The van der Waals surface area contributed by atoms with Crippen molar-refractivity contribution in [3.05, 3.63) is 36.4 Å². The molecule has 0 radical (unpaired) electrons. The van der Waals surface area contributed by atoms with Gasteiger partial charge in [0.25, 0.3) is 0 Å². The molecule has 13 heteroatoms. The Morgan fingerprint density at radius 3 is 2.49 bits per heavy atom. The Hall–Kier alpha value is -1.07. The Balaban J connectivity index is 2.24. The van der Waals surface area contributed by atoms with Crippen molar-refractivity contribution in [2.24, 2.45) is 5.92 Å². The van der Waals surface area contributed by atoms with Crippen molar-refractivity contribution < 1.29 is 33.3 Å². The number of carbonyl (C=O) groups is 2. The molecule has 0 aliphatic rings. The second-order valence-corrected chi connectivity index (χ2v) is 13.5. The number of rotatable bonds is 25. The standard InChI is InChI=1S/C28H46IN3O7S2/c1-22(2)7-6-11-31-27(34)20-37-17-18-38-28(41-40-4)21-39-25-9-5-8-24(19-25)32-26(33)10-13-35-15-16-36-14-12-30-23(3)29/h5-9,19,22-23,28,30H,10-18,20-21H2,1-4H3,(H,31,34)(H,32,33)/b7-6+. The number of nitrogens with one attached hydrogen (secondary N) is 3. The number of anilines is 1. The van der Waals surface area contributed by atoms with Gasteiger partial charge in [0.1, 0.15) is 24.4 Å². The molecule has 0 aromatic heterocycles. The largest absolute Gasteiger partial charge is 0.490 e. The van der Waals surface area contributed by atoms with E-state index in [9.17, 15) is 9.59 Å². The predicted molar refractivity (Wildman–Crippen MR) is 177 cm³/mol. The van der Waals surface area contributed by atoms with Crippen molar-refractivity contribution in [1.29, 1.82) is 0 Å². The lowest BCUT2D eigenvalue weighted by molar-refractivity contribution is -0.126. The van der Waals surface area contributed by atoms with Gasteiger partial charge in [0.2, 0.25) is 11.8 Å². The second kappa shape index (κ2) is 25.4. The zero-order chi connectivity index (χ0) is 30.1. The normalized spacial score (nSPS) is 12.9. The van der Waals surface area contributed by atoms with Crippen molar-refractivity contribution in [3.63, 3.8) is 0 Å². The van der Waals surface area contributed by atoms with Gasteiger partial charge in [-0.1, -0.05) is 76.2 Å². The van der Waals surface area contributed by atoms with Gasteiger partial charge in [0.05, 0.1) is 50.1 Å². The van der Waals surface area contributed by atoms with Gasteiger partial charge >= 0.3 is 0 Å². The third-order valence-electron chi connectivity index (χ3n) is 4.93. The third kappa shape index (κ3) is 23.1. The minimum atomic E-state index is -0.228. The number of amides is 2. The molecule has 1 rings (SSSR count). The van der Waals surface area contributed by atoms with Crippen LogP contribution in [-0.4, -0.2) is 93.5 Å². The lowest BCUT2D eigenvalue weighted by Crippen LogP contribution is -2.28. The number of ether oxygens (including phenoxy) is 5. The lowest BCUT2D eigenvalue weighted by atomic mass is 10.2. The van der Waals surface area contributed by atoms with Gasteiger partial charge in [-0.2, -0.15) is 0 Å². The van der Waals surface area contributed by atoms with Crippen LogP contribution in [0.1, 0.15) is 27.2 Å².